The molecule has 0 amide bonds. The van der Waals surface area contributed by atoms with E-state index in [0.717, 1.165) is 0 Å². The fraction of sp³-hybridized carbons (Fsp3) is 0.800. The molecule has 0 aliphatic carbocycles. The highest BCUT2D eigenvalue weighted by molar-refractivity contribution is 5.87. The van der Waals surface area contributed by atoms with E-state index in [-0.39, 0.29) is 6.92 Å². The van der Waals surface area contributed by atoms with Crippen LogP contribution in [-0.2, 0) is 9.53 Å². The van der Waals surface area contributed by atoms with Crippen LogP contribution in [0.15, 0.2) is 12.2 Å². The molecule has 0 aromatic rings. The van der Waals surface area contributed by atoms with Crippen LogP contribution in [0.25, 0.3) is 0 Å². The SMILES string of the molecule is C=C(C)C(=O)OC(F)(C(F)(F)C(F)(F)C(F)(F)C(F)(F)F)C(F)(F)C(F)(F)C(F)(F)C(F)(C(F)(F)F)C(F)(F)F. The lowest BCUT2D eigenvalue weighted by molar-refractivity contribution is -0.493. The molecule has 238 valence electrons. The van der Waals surface area contributed by atoms with Crippen molar-refractivity contribution in [3.63, 3.8) is 0 Å². The van der Waals surface area contributed by atoms with Gasteiger partial charge in [0, 0.05) is 5.57 Å². The third kappa shape index (κ3) is 4.57. The molecule has 2 nitrogen and oxygen atoms in total. The van der Waals surface area contributed by atoms with Gasteiger partial charge >= 0.3 is 71.6 Å². The number of ether oxygens (including phenoxy) is 1. The van der Waals surface area contributed by atoms with Gasteiger partial charge in [0.2, 0.25) is 0 Å². The van der Waals surface area contributed by atoms with Crippen LogP contribution in [0.2, 0.25) is 0 Å². The molecule has 0 saturated heterocycles. The highest BCUT2D eigenvalue weighted by atomic mass is 19.4. The van der Waals surface area contributed by atoms with Crippen molar-refractivity contribution >= 4 is 5.97 Å². The Morgan fingerprint density at radius 2 is 0.725 bits per heavy atom. The van der Waals surface area contributed by atoms with Crippen LogP contribution in [0.3, 0.4) is 0 Å². The topological polar surface area (TPSA) is 26.3 Å². The molecule has 1 unspecified atom stereocenters. The van der Waals surface area contributed by atoms with Crippen LogP contribution in [0.1, 0.15) is 6.92 Å². The first-order valence-electron chi connectivity index (χ1n) is 8.56. The van der Waals surface area contributed by atoms with E-state index in [1.807, 2.05) is 4.74 Å². The maximum Gasteiger partial charge on any atom is 0.460 e. The second-order valence-corrected chi connectivity index (χ2v) is 7.36. The summed E-state index contributed by atoms with van der Waals surface area (Å²) in [6.45, 7) is 2.03. The molecule has 0 radical (unpaired) electrons. The van der Waals surface area contributed by atoms with E-state index in [2.05, 4.69) is 6.58 Å². The lowest BCUT2D eigenvalue weighted by atomic mass is 9.82. The quantitative estimate of drug-likeness (QED) is 0.143. The first kappa shape index (κ1) is 37.6. The summed E-state index contributed by atoms with van der Waals surface area (Å²) in [5, 5.41) is 0. The highest BCUT2D eigenvalue weighted by Crippen LogP contribution is 2.67. The summed E-state index contributed by atoms with van der Waals surface area (Å²) in [6.07, 6.45) is -25.3. The first-order valence-corrected chi connectivity index (χ1v) is 8.56. The van der Waals surface area contributed by atoms with Crippen LogP contribution >= 0.6 is 0 Å². The molecule has 0 N–H and O–H groups in total. The number of carbonyl (C=O) groups excluding carboxylic acids is 1. The molecule has 0 rings (SSSR count). The van der Waals surface area contributed by atoms with E-state index in [0.29, 0.717) is 0 Å². The fourth-order valence-corrected chi connectivity index (χ4v) is 2.25. The van der Waals surface area contributed by atoms with Crippen molar-refractivity contribution in [1.29, 1.82) is 0 Å². The number of halogens is 23. The maximum atomic E-state index is 14.7. The predicted molar refractivity (Wildman–Crippen MR) is 76.4 cm³/mol. The summed E-state index contributed by atoms with van der Waals surface area (Å²) in [4.78, 5) is 11.2. The normalized spacial score (nSPS) is 17.4. The van der Waals surface area contributed by atoms with E-state index in [9.17, 15) is 106 Å². The van der Waals surface area contributed by atoms with Gasteiger partial charge in [0.15, 0.2) is 0 Å². The van der Waals surface area contributed by atoms with Gasteiger partial charge in [0.1, 0.15) is 0 Å². The van der Waals surface area contributed by atoms with E-state index >= 15 is 0 Å². The van der Waals surface area contributed by atoms with Crippen molar-refractivity contribution in [3.8, 4) is 0 Å². The molecule has 1 atom stereocenters. The van der Waals surface area contributed by atoms with Crippen LogP contribution < -0.4 is 0 Å². The van der Waals surface area contributed by atoms with Gasteiger partial charge in [-0.2, -0.15) is 96.6 Å². The zero-order valence-electron chi connectivity index (χ0n) is 17.7. The number of esters is 1. The number of hydrogen-bond donors (Lipinski definition) is 0. The minimum absolute atomic E-state index is 0.103. The standard InChI is InChI=1S/C15H5F23O2/c1-3(2)4(39)40-12(29,10(25,26)8(21,22)11(27,28)15(36,37)38)9(23,24)7(19,20)6(17,18)5(16,13(30,31)32)14(33,34)35/h1H2,2H3. The summed E-state index contributed by atoms with van der Waals surface area (Å²) < 4.78 is 307. The number of hydrogen-bond acceptors (Lipinski definition) is 2. The van der Waals surface area contributed by atoms with Gasteiger partial charge in [-0.3, -0.25) is 0 Å². The summed E-state index contributed by atoms with van der Waals surface area (Å²) >= 11 is 0. The molecular formula is C15H5F23O2. The van der Waals surface area contributed by atoms with Gasteiger partial charge in [-0.05, 0) is 6.92 Å². The number of carbonyl (C=O) groups is 1. The molecule has 0 aliphatic heterocycles. The lowest BCUT2D eigenvalue weighted by Gasteiger charge is -2.47. The van der Waals surface area contributed by atoms with Gasteiger partial charge in [-0.1, -0.05) is 6.58 Å². The molecule has 25 heteroatoms. The third-order valence-electron chi connectivity index (χ3n) is 4.54. The van der Waals surface area contributed by atoms with Gasteiger partial charge < -0.3 is 4.74 Å². The Kier molecular flexibility index (Phi) is 8.75. The average Bonchev–Trinajstić information content (AvgIpc) is 2.69. The van der Waals surface area contributed by atoms with Gasteiger partial charge in [0.25, 0.3) is 0 Å². The van der Waals surface area contributed by atoms with E-state index in [1.165, 1.54) is 0 Å². The van der Waals surface area contributed by atoms with Crippen molar-refractivity contribution in [2.24, 2.45) is 0 Å². The van der Waals surface area contributed by atoms with Crippen molar-refractivity contribution in [2.45, 2.75) is 72.5 Å². The molecule has 0 heterocycles. The molecule has 0 aliphatic rings. The molecular weight excluding hydrogens is 649 g/mol. The molecule has 0 saturated carbocycles. The van der Waals surface area contributed by atoms with Crippen LogP contribution in [-0.4, -0.2) is 71.6 Å². The minimum Gasteiger partial charge on any atom is -0.413 e. The van der Waals surface area contributed by atoms with E-state index < -0.39 is 77.1 Å². The van der Waals surface area contributed by atoms with Crippen LogP contribution in [0, 0.1) is 0 Å². The third-order valence-corrected chi connectivity index (χ3v) is 4.54. The molecule has 0 bridgehead atoms. The minimum atomic E-state index is -9.48. The van der Waals surface area contributed by atoms with E-state index in [1.54, 1.807) is 0 Å². The lowest BCUT2D eigenvalue weighted by Crippen LogP contribution is -2.80. The monoisotopic (exact) mass is 654 g/mol. The first-order chi connectivity index (χ1) is 16.8. The number of alkyl halides is 23. The molecule has 0 fully saturated rings. The molecule has 40 heavy (non-hydrogen) atoms. The zero-order valence-corrected chi connectivity index (χ0v) is 17.7. The van der Waals surface area contributed by atoms with Gasteiger partial charge in [-0.25, -0.2) is 9.18 Å². The molecule has 0 spiro atoms. The van der Waals surface area contributed by atoms with Crippen molar-refractivity contribution in [3.05, 3.63) is 12.2 Å². The number of rotatable bonds is 9. The van der Waals surface area contributed by atoms with Gasteiger partial charge in [-0.15, -0.1) is 0 Å². The molecule has 0 aromatic heterocycles. The largest absolute Gasteiger partial charge is 0.460 e. The second-order valence-electron chi connectivity index (χ2n) is 7.36. The second kappa shape index (κ2) is 9.31. The Labute approximate surface area is 202 Å². The summed E-state index contributed by atoms with van der Waals surface area (Å²) in [5.74, 6) is -67.5. The highest BCUT2D eigenvalue weighted by Gasteiger charge is 3.00. The Bertz CT molecular complexity index is 968. The van der Waals surface area contributed by atoms with Crippen molar-refractivity contribution < 1.29 is 111 Å². The summed E-state index contributed by atoms with van der Waals surface area (Å²) in [6, 6.07) is 0. The smallest absolute Gasteiger partial charge is 0.413 e. The van der Waals surface area contributed by atoms with Crippen LogP contribution in [0.5, 0.6) is 0 Å². The summed E-state index contributed by atoms with van der Waals surface area (Å²) in [7, 11) is 0. The Morgan fingerprint density at radius 3 is 0.950 bits per heavy atom. The van der Waals surface area contributed by atoms with E-state index in [4.69, 9.17) is 0 Å². The summed E-state index contributed by atoms with van der Waals surface area (Å²) in [5.41, 5.74) is -11.0. The van der Waals surface area contributed by atoms with Crippen molar-refractivity contribution in [1.82, 2.24) is 0 Å². The van der Waals surface area contributed by atoms with Gasteiger partial charge in [0.05, 0.1) is 0 Å². The Balaban J connectivity index is 8.01. The predicted octanol–water partition coefficient (Wildman–Crippen LogP) is 7.98. The molecule has 0 aromatic carbocycles. The Morgan fingerprint density at radius 1 is 0.450 bits per heavy atom. The van der Waals surface area contributed by atoms with Crippen molar-refractivity contribution in [2.75, 3.05) is 0 Å². The Hall–Kier alpha value is -2.40. The zero-order chi connectivity index (χ0) is 33.4. The van der Waals surface area contributed by atoms with Crippen LogP contribution in [0.4, 0.5) is 101 Å². The maximum absolute atomic E-state index is 14.7. The fourth-order valence-electron chi connectivity index (χ4n) is 2.25. The average molecular weight is 654 g/mol.